The first-order chi connectivity index (χ1) is 15.7. The molecule has 11 heteroatoms. The molecule has 0 spiro atoms. The molecule has 1 aromatic rings. The van der Waals surface area contributed by atoms with E-state index in [1.54, 1.807) is 18.2 Å². The van der Waals surface area contributed by atoms with Crippen molar-refractivity contribution in [2.75, 3.05) is 30.7 Å². The summed E-state index contributed by atoms with van der Waals surface area (Å²) in [6.45, 7) is 0.382. The maximum absolute atomic E-state index is 13.1. The van der Waals surface area contributed by atoms with Crippen LogP contribution in [-0.2, 0) is 19.8 Å². The fourth-order valence-corrected chi connectivity index (χ4v) is 8.55. The number of amides is 2. The number of fused-ring (bicyclic) bond motifs is 1. The normalized spacial score (nSPS) is 35.7. The van der Waals surface area contributed by atoms with E-state index in [9.17, 15) is 18.0 Å². The third kappa shape index (κ3) is 3.27. The highest BCUT2D eigenvalue weighted by Crippen LogP contribution is 2.59. The van der Waals surface area contributed by atoms with Gasteiger partial charge in [0.15, 0.2) is 11.5 Å². The molecule has 2 aliphatic heterocycles. The van der Waals surface area contributed by atoms with Crippen molar-refractivity contribution in [3.63, 3.8) is 0 Å². The summed E-state index contributed by atoms with van der Waals surface area (Å²) in [6.07, 6.45) is 4.31. The van der Waals surface area contributed by atoms with Crippen LogP contribution in [0.4, 0.5) is 5.69 Å². The monoisotopic (exact) mass is 476 g/mol. The highest BCUT2D eigenvalue weighted by atomic mass is 32.2. The van der Waals surface area contributed by atoms with Crippen molar-refractivity contribution in [2.45, 2.75) is 38.1 Å². The molecule has 4 aliphatic carbocycles. The zero-order valence-electron chi connectivity index (χ0n) is 18.2. The van der Waals surface area contributed by atoms with Gasteiger partial charge in [-0.2, -0.15) is 12.7 Å². The lowest BCUT2D eigenvalue weighted by Gasteiger charge is -2.58. The van der Waals surface area contributed by atoms with Gasteiger partial charge < -0.3 is 20.5 Å². The van der Waals surface area contributed by atoms with Gasteiger partial charge in [-0.3, -0.25) is 13.9 Å². The quantitative estimate of drug-likeness (QED) is 0.639. The van der Waals surface area contributed by atoms with Gasteiger partial charge in [0, 0.05) is 30.6 Å². The molecular weight excluding hydrogens is 448 g/mol. The fraction of sp³-hybridized carbons (Fsp3) is 0.636. The molecule has 0 aromatic heterocycles. The molecule has 6 aliphatic rings. The Balaban J connectivity index is 1.13. The lowest BCUT2D eigenvalue weighted by molar-refractivity contribution is -0.147. The Kier molecular flexibility index (Phi) is 4.61. The summed E-state index contributed by atoms with van der Waals surface area (Å²) < 4.78 is 39.4. The smallest absolute Gasteiger partial charge is 0.304 e. The van der Waals surface area contributed by atoms with Gasteiger partial charge in [-0.25, -0.2) is 0 Å². The second-order valence-corrected chi connectivity index (χ2v) is 12.0. The average Bonchev–Trinajstić information content (AvgIpc) is 3.33. The number of nitrogens with zero attached hydrogens (tertiary/aromatic N) is 2. The predicted molar refractivity (Wildman–Crippen MR) is 118 cm³/mol. The van der Waals surface area contributed by atoms with Crippen LogP contribution in [0.2, 0.25) is 0 Å². The molecular formula is C22H28N4O6S. The molecule has 1 saturated heterocycles. The van der Waals surface area contributed by atoms with E-state index >= 15 is 0 Å². The summed E-state index contributed by atoms with van der Waals surface area (Å²) >= 11 is 0. The van der Waals surface area contributed by atoms with Crippen LogP contribution in [-0.4, -0.2) is 57.0 Å². The number of nitrogens with one attached hydrogen (secondary N) is 1. The molecule has 10 nitrogen and oxygen atoms in total. The molecule has 33 heavy (non-hydrogen) atoms. The summed E-state index contributed by atoms with van der Waals surface area (Å²) in [5.74, 6) is 1.54. The lowest BCUT2D eigenvalue weighted by atomic mass is 9.47. The predicted octanol–water partition coefficient (Wildman–Crippen LogP) is 0.578. The average molecular weight is 477 g/mol. The number of hydrogen-bond acceptors (Lipinski definition) is 6. The minimum atomic E-state index is -3.83. The number of benzene rings is 1. The molecule has 2 amide bonds. The number of hydrogen-bond donors (Lipinski definition) is 2. The van der Waals surface area contributed by atoms with Crippen molar-refractivity contribution in [2.24, 2.45) is 28.9 Å². The van der Waals surface area contributed by atoms with Crippen molar-refractivity contribution in [1.82, 2.24) is 9.62 Å². The molecule has 178 valence electrons. The lowest BCUT2D eigenvalue weighted by Crippen LogP contribution is -2.62. The minimum Gasteiger partial charge on any atom is -0.454 e. The van der Waals surface area contributed by atoms with Gasteiger partial charge in [0.1, 0.15) is 0 Å². The van der Waals surface area contributed by atoms with Crippen LogP contribution in [0.1, 0.15) is 32.1 Å². The minimum absolute atomic E-state index is 0.0169. The first kappa shape index (κ1) is 21.0. The summed E-state index contributed by atoms with van der Waals surface area (Å²) in [4.78, 5) is 25.1. The zero-order chi connectivity index (χ0) is 23.0. The van der Waals surface area contributed by atoms with Crippen molar-refractivity contribution >= 4 is 27.7 Å². The Labute approximate surface area is 192 Å². The molecule has 5 fully saturated rings. The van der Waals surface area contributed by atoms with Crippen LogP contribution < -0.4 is 24.8 Å². The first-order valence-corrected chi connectivity index (χ1v) is 12.9. The van der Waals surface area contributed by atoms with Crippen molar-refractivity contribution in [3.8, 4) is 11.5 Å². The maximum Gasteiger partial charge on any atom is 0.304 e. The number of carbonyl (C=O) groups excluding carboxylic acids is 2. The van der Waals surface area contributed by atoms with Crippen LogP contribution in [0.3, 0.4) is 0 Å². The van der Waals surface area contributed by atoms with E-state index < -0.39 is 15.6 Å². The van der Waals surface area contributed by atoms with Crippen molar-refractivity contribution in [3.05, 3.63) is 18.2 Å². The van der Waals surface area contributed by atoms with Crippen LogP contribution >= 0.6 is 0 Å². The number of nitrogens with two attached hydrogens (primary N) is 1. The summed E-state index contributed by atoms with van der Waals surface area (Å²) in [6, 6.07) is 5.00. The highest BCUT2D eigenvalue weighted by molar-refractivity contribution is 7.90. The van der Waals surface area contributed by atoms with E-state index in [1.165, 1.54) is 8.61 Å². The fourth-order valence-electron chi connectivity index (χ4n) is 6.99. The molecule has 2 unspecified atom stereocenters. The van der Waals surface area contributed by atoms with E-state index in [-0.39, 0.29) is 56.1 Å². The Morgan fingerprint density at radius 2 is 1.82 bits per heavy atom. The molecule has 0 radical (unpaired) electrons. The number of ether oxygens (including phenoxy) is 2. The largest absolute Gasteiger partial charge is 0.454 e. The van der Waals surface area contributed by atoms with E-state index in [1.807, 2.05) is 0 Å². The zero-order valence-corrected chi connectivity index (χ0v) is 19.1. The number of carbonyl (C=O) groups is 2. The summed E-state index contributed by atoms with van der Waals surface area (Å²) in [7, 11) is -3.83. The molecule has 2 heterocycles. The number of primary amides is 1. The van der Waals surface area contributed by atoms with Crippen LogP contribution in [0.5, 0.6) is 11.5 Å². The standard InChI is InChI=1S/C22H28N4O6S/c23-21(28)22-8-13-5-14(9-22)20(15(6-13)10-22)24-19(27)11-25-3-4-26(33(25,29)30)16-1-2-17-18(7-16)32-12-31-17/h1-2,7,13-15,20H,3-6,8-12H2,(H2,23,28)(H,24,27). The SMILES string of the molecule is NC(=O)C12CC3CC(C1)C(NC(=O)CN1CCN(c4ccc5c(c4)OCO5)S1(=O)=O)C(C3)C2. The Hall–Kier alpha value is -2.53. The number of rotatable bonds is 5. The van der Waals surface area contributed by atoms with Gasteiger partial charge in [-0.15, -0.1) is 0 Å². The van der Waals surface area contributed by atoms with E-state index in [0.717, 1.165) is 32.1 Å². The third-order valence-corrected chi connectivity index (χ3v) is 10.2. The van der Waals surface area contributed by atoms with Crippen LogP contribution in [0.15, 0.2) is 18.2 Å². The molecule has 7 rings (SSSR count). The van der Waals surface area contributed by atoms with Crippen molar-refractivity contribution < 1.29 is 27.5 Å². The molecule has 4 bridgehead atoms. The van der Waals surface area contributed by atoms with Gasteiger partial charge in [-0.1, -0.05) is 0 Å². The first-order valence-electron chi connectivity index (χ1n) is 11.5. The summed E-state index contributed by atoms with van der Waals surface area (Å²) in [5, 5.41) is 3.12. The Morgan fingerprint density at radius 1 is 1.09 bits per heavy atom. The summed E-state index contributed by atoms with van der Waals surface area (Å²) in [5.41, 5.74) is 5.82. The topological polar surface area (TPSA) is 131 Å². The van der Waals surface area contributed by atoms with E-state index in [4.69, 9.17) is 15.2 Å². The molecule has 3 N–H and O–H groups in total. The highest BCUT2D eigenvalue weighted by Gasteiger charge is 2.58. The van der Waals surface area contributed by atoms with E-state index in [2.05, 4.69) is 5.32 Å². The Morgan fingerprint density at radius 3 is 2.55 bits per heavy atom. The van der Waals surface area contributed by atoms with E-state index in [0.29, 0.717) is 23.1 Å². The maximum atomic E-state index is 13.1. The van der Waals surface area contributed by atoms with Crippen molar-refractivity contribution in [1.29, 1.82) is 0 Å². The van der Waals surface area contributed by atoms with Crippen LogP contribution in [0.25, 0.3) is 0 Å². The van der Waals surface area contributed by atoms with Gasteiger partial charge >= 0.3 is 10.2 Å². The third-order valence-electron chi connectivity index (χ3n) is 8.24. The van der Waals surface area contributed by atoms with Gasteiger partial charge in [0.05, 0.1) is 12.2 Å². The second kappa shape index (κ2) is 7.23. The second-order valence-electron chi connectivity index (χ2n) is 10.2. The van der Waals surface area contributed by atoms with Gasteiger partial charge in [0.2, 0.25) is 18.6 Å². The van der Waals surface area contributed by atoms with Gasteiger partial charge in [-0.05, 0) is 62.0 Å². The molecule has 1 aromatic carbocycles. The molecule has 2 atom stereocenters. The van der Waals surface area contributed by atoms with Gasteiger partial charge in [0.25, 0.3) is 0 Å². The molecule has 4 saturated carbocycles. The Bertz CT molecular complexity index is 1110. The number of anilines is 1. The van der Waals surface area contributed by atoms with Crippen LogP contribution in [0, 0.1) is 23.2 Å².